The second-order valence-corrected chi connectivity index (χ2v) is 6.53. The number of benzene rings is 1. The van der Waals surface area contributed by atoms with E-state index in [1.807, 2.05) is 6.07 Å². The van der Waals surface area contributed by atoms with E-state index >= 15 is 0 Å². The Kier molecular flexibility index (Phi) is 2.68. The normalized spacial score (nSPS) is 39.4. The van der Waals surface area contributed by atoms with Gasteiger partial charge in [-0.15, -0.1) is 0 Å². The van der Waals surface area contributed by atoms with Crippen LogP contribution in [0.1, 0.15) is 31.4 Å². The number of methoxy groups -OCH3 is 1. The molecular weight excluding hydrogens is 250 g/mol. The van der Waals surface area contributed by atoms with Gasteiger partial charge in [0, 0.05) is 12.1 Å². The van der Waals surface area contributed by atoms with Crippen molar-refractivity contribution in [3.05, 3.63) is 35.9 Å². The third kappa shape index (κ3) is 1.59. The van der Waals surface area contributed by atoms with Crippen LogP contribution in [0.2, 0.25) is 0 Å². The fraction of sp³-hybridized carbons (Fsp3) is 0.588. The molecule has 1 heterocycles. The van der Waals surface area contributed by atoms with E-state index in [1.54, 1.807) is 0 Å². The van der Waals surface area contributed by atoms with Crippen LogP contribution < -0.4 is 0 Å². The zero-order valence-electron chi connectivity index (χ0n) is 12.0. The number of likely N-dealkylation sites (tertiary alicyclic amines) is 1. The molecule has 106 valence electrons. The Morgan fingerprint density at radius 3 is 2.65 bits per heavy atom. The summed E-state index contributed by atoms with van der Waals surface area (Å²) in [5.74, 6) is 2.13. The molecule has 0 amide bonds. The molecule has 2 saturated carbocycles. The summed E-state index contributed by atoms with van der Waals surface area (Å²) < 4.78 is 5.09. The molecule has 0 spiro atoms. The Hall–Kier alpha value is -1.35. The first-order valence-electron chi connectivity index (χ1n) is 7.62. The van der Waals surface area contributed by atoms with Crippen molar-refractivity contribution >= 4 is 5.97 Å². The Morgan fingerprint density at radius 2 is 1.95 bits per heavy atom. The summed E-state index contributed by atoms with van der Waals surface area (Å²) in [5.41, 5.74) is 1.30. The second-order valence-electron chi connectivity index (χ2n) is 6.53. The topological polar surface area (TPSA) is 29.5 Å². The van der Waals surface area contributed by atoms with Crippen molar-refractivity contribution in [1.82, 2.24) is 4.90 Å². The lowest BCUT2D eigenvalue weighted by atomic mass is 9.94. The molecule has 3 nitrogen and oxygen atoms in total. The molecule has 20 heavy (non-hydrogen) atoms. The highest BCUT2D eigenvalue weighted by Gasteiger charge is 2.67. The number of rotatable bonds is 3. The SMILES string of the molecule is COC(=O)[C@@H]1[C@@H]2C[C@@H](C3CC32)N1[C@H](C)c1ccccc1. The van der Waals surface area contributed by atoms with Crippen LogP contribution in [0, 0.1) is 17.8 Å². The minimum atomic E-state index is -0.0365. The summed E-state index contributed by atoms with van der Waals surface area (Å²) in [6.07, 6.45) is 2.51. The fourth-order valence-corrected chi connectivity index (χ4v) is 4.78. The molecule has 0 aromatic heterocycles. The average Bonchev–Trinajstić information content (AvgIpc) is 3.12. The Labute approximate surface area is 119 Å². The monoisotopic (exact) mass is 271 g/mol. The Balaban J connectivity index is 1.67. The van der Waals surface area contributed by atoms with Crippen molar-refractivity contribution in [3.63, 3.8) is 0 Å². The van der Waals surface area contributed by atoms with Crippen molar-refractivity contribution in [1.29, 1.82) is 0 Å². The molecule has 1 aliphatic heterocycles. The molecule has 3 heteroatoms. The summed E-state index contributed by atoms with van der Waals surface area (Å²) in [4.78, 5) is 14.7. The quantitative estimate of drug-likeness (QED) is 0.792. The van der Waals surface area contributed by atoms with Crippen LogP contribution in [0.25, 0.3) is 0 Å². The predicted molar refractivity (Wildman–Crippen MR) is 76.0 cm³/mol. The standard InChI is InChI=1S/C17H21NO2/c1-10(11-6-4-3-5-7-11)18-15-9-14(12-8-13(12)15)16(18)17(19)20-2/h3-7,10,12-16H,8-9H2,1-2H3/t10-,12?,13?,14-,15+,16+/m1/s1. The van der Waals surface area contributed by atoms with Gasteiger partial charge in [0.05, 0.1) is 7.11 Å². The Bertz CT molecular complexity index is 529. The molecule has 1 aromatic rings. The minimum Gasteiger partial charge on any atom is -0.468 e. The van der Waals surface area contributed by atoms with Gasteiger partial charge in [-0.1, -0.05) is 30.3 Å². The zero-order valence-corrected chi connectivity index (χ0v) is 12.0. The molecule has 2 bridgehead atoms. The van der Waals surface area contributed by atoms with E-state index in [0.29, 0.717) is 12.0 Å². The number of ether oxygens (including phenoxy) is 1. The van der Waals surface area contributed by atoms with Gasteiger partial charge >= 0.3 is 5.97 Å². The molecule has 4 rings (SSSR count). The number of hydrogen-bond acceptors (Lipinski definition) is 3. The van der Waals surface area contributed by atoms with Gasteiger partial charge in [0.2, 0.25) is 0 Å². The van der Waals surface area contributed by atoms with E-state index in [0.717, 1.165) is 11.8 Å². The van der Waals surface area contributed by atoms with Gasteiger partial charge in [0.1, 0.15) is 6.04 Å². The van der Waals surface area contributed by atoms with Crippen LogP contribution in [-0.4, -0.2) is 30.1 Å². The van der Waals surface area contributed by atoms with Gasteiger partial charge in [0.25, 0.3) is 0 Å². The van der Waals surface area contributed by atoms with E-state index in [2.05, 4.69) is 36.1 Å². The first-order chi connectivity index (χ1) is 9.72. The van der Waals surface area contributed by atoms with Gasteiger partial charge in [-0.25, -0.2) is 0 Å². The molecule has 2 aliphatic carbocycles. The number of carbonyl (C=O) groups is 1. The van der Waals surface area contributed by atoms with E-state index in [1.165, 1.54) is 25.5 Å². The number of carbonyl (C=O) groups excluding carboxylic acids is 1. The van der Waals surface area contributed by atoms with E-state index in [4.69, 9.17) is 4.74 Å². The largest absolute Gasteiger partial charge is 0.468 e. The lowest BCUT2D eigenvalue weighted by Crippen LogP contribution is -2.48. The first kappa shape index (κ1) is 12.4. The molecular formula is C17H21NO2. The van der Waals surface area contributed by atoms with Crippen LogP contribution >= 0.6 is 0 Å². The third-order valence-electron chi connectivity index (χ3n) is 5.73. The lowest BCUT2D eigenvalue weighted by Gasteiger charge is -2.38. The molecule has 6 atom stereocenters. The van der Waals surface area contributed by atoms with Gasteiger partial charge < -0.3 is 4.74 Å². The molecule has 1 aromatic carbocycles. The molecule has 0 radical (unpaired) electrons. The van der Waals surface area contributed by atoms with Crippen molar-refractivity contribution in [2.45, 2.75) is 37.9 Å². The molecule has 3 aliphatic rings. The van der Waals surface area contributed by atoms with Crippen LogP contribution in [0.15, 0.2) is 30.3 Å². The lowest BCUT2D eigenvalue weighted by molar-refractivity contribution is -0.150. The average molecular weight is 271 g/mol. The summed E-state index contributed by atoms with van der Waals surface area (Å²) in [7, 11) is 1.52. The number of fused-ring (bicyclic) bond motifs is 5. The van der Waals surface area contributed by atoms with Crippen LogP contribution in [-0.2, 0) is 9.53 Å². The predicted octanol–water partition coefficient (Wildman–Crippen LogP) is 2.63. The maximum Gasteiger partial charge on any atom is 0.323 e. The highest BCUT2D eigenvalue weighted by molar-refractivity contribution is 5.77. The highest BCUT2D eigenvalue weighted by atomic mass is 16.5. The fourth-order valence-electron chi connectivity index (χ4n) is 4.78. The van der Waals surface area contributed by atoms with Crippen molar-refractivity contribution < 1.29 is 9.53 Å². The van der Waals surface area contributed by atoms with Crippen LogP contribution in [0.5, 0.6) is 0 Å². The number of hydrogen-bond donors (Lipinski definition) is 0. The van der Waals surface area contributed by atoms with E-state index in [-0.39, 0.29) is 18.1 Å². The first-order valence-corrected chi connectivity index (χ1v) is 7.62. The minimum absolute atomic E-state index is 0.0241. The zero-order chi connectivity index (χ0) is 13.9. The molecule has 0 N–H and O–H groups in total. The summed E-state index contributed by atoms with van der Waals surface area (Å²) in [6.45, 7) is 2.23. The van der Waals surface area contributed by atoms with Gasteiger partial charge in [0.15, 0.2) is 0 Å². The van der Waals surface area contributed by atoms with Crippen LogP contribution in [0.4, 0.5) is 0 Å². The van der Waals surface area contributed by atoms with Crippen molar-refractivity contribution in [3.8, 4) is 0 Å². The summed E-state index contributed by atoms with van der Waals surface area (Å²) in [5, 5.41) is 0. The Morgan fingerprint density at radius 1 is 1.20 bits per heavy atom. The van der Waals surface area contributed by atoms with Crippen molar-refractivity contribution in [2.75, 3.05) is 7.11 Å². The summed E-state index contributed by atoms with van der Waals surface area (Å²) in [6, 6.07) is 11.4. The van der Waals surface area contributed by atoms with E-state index in [9.17, 15) is 4.79 Å². The van der Waals surface area contributed by atoms with E-state index < -0.39 is 0 Å². The summed E-state index contributed by atoms with van der Waals surface area (Å²) >= 11 is 0. The molecule has 2 unspecified atom stereocenters. The number of nitrogens with zero attached hydrogens (tertiary/aromatic N) is 1. The van der Waals surface area contributed by atoms with Gasteiger partial charge in [-0.2, -0.15) is 0 Å². The highest BCUT2D eigenvalue weighted by Crippen LogP contribution is 2.64. The van der Waals surface area contributed by atoms with Crippen molar-refractivity contribution in [2.24, 2.45) is 17.8 Å². The van der Waals surface area contributed by atoms with Gasteiger partial charge in [-0.3, -0.25) is 9.69 Å². The second kappa shape index (κ2) is 4.32. The number of piperidine rings is 1. The number of esters is 1. The van der Waals surface area contributed by atoms with Gasteiger partial charge in [-0.05, 0) is 43.1 Å². The van der Waals surface area contributed by atoms with Crippen LogP contribution in [0.3, 0.4) is 0 Å². The smallest absolute Gasteiger partial charge is 0.323 e. The molecule has 3 fully saturated rings. The third-order valence-corrected chi connectivity index (χ3v) is 5.73. The maximum atomic E-state index is 12.3. The molecule has 1 saturated heterocycles. The maximum absolute atomic E-state index is 12.3.